The lowest BCUT2D eigenvalue weighted by Gasteiger charge is -2.18. The first-order chi connectivity index (χ1) is 18.0. The van der Waals surface area contributed by atoms with Crippen molar-refractivity contribution in [2.45, 2.75) is 135 Å². The highest BCUT2D eigenvalue weighted by Gasteiger charge is 2.21. The monoisotopic (exact) mass is 516 g/mol. The molecule has 0 aliphatic heterocycles. The molecule has 0 radical (unpaired) electrons. The van der Waals surface area contributed by atoms with Crippen molar-refractivity contribution in [3.63, 3.8) is 0 Å². The van der Waals surface area contributed by atoms with Crippen LogP contribution >= 0.6 is 0 Å². The molecule has 1 aromatic rings. The summed E-state index contributed by atoms with van der Waals surface area (Å²) < 4.78 is 0. The van der Waals surface area contributed by atoms with E-state index in [4.69, 9.17) is 5.11 Å². The number of carboxylic acids is 1. The fourth-order valence-electron chi connectivity index (χ4n) is 4.55. The molecule has 0 fully saturated rings. The van der Waals surface area contributed by atoms with E-state index < -0.39 is 17.9 Å². The number of rotatable bonds is 24. The molecule has 0 saturated heterocycles. The van der Waals surface area contributed by atoms with Crippen LogP contribution in [0.15, 0.2) is 30.3 Å². The molecule has 0 aromatic heterocycles. The van der Waals surface area contributed by atoms with Crippen LogP contribution in [0.4, 0.5) is 0 Å². The van der Waals surface area contributed by atoms with E-state index in [0.29, 0.717) is 13.0 Å². The van der Waals surface area contributed by atoms with Gasteiger partial charge in [-0.3, -0.25) is 14.4 Å². The molecule has 0 bridgehead atoms. The van der Waals surface area contributed by atoms with Crippen LogP contribution in [0.2, 0.25) is 0 Å². The van der Waals surface area contributed by atoms with Crippen LogP contribution in [0.5, 0.6) is 0 Å². The molecule has 2 amide bonds. The average Bonchev–Trinajstić information content (AvgIpc) is 2.89. The quantitative estimate of drug-likeness (QED) is 0.129. The summed E-state index contributed by atoms with van der Waals surface area (Å²) in [6, 6.07) is 8.82. The van der Waals surface area contributed by atoms with E-state index in [2.05, 4.69) is 17.6 Å². The summed E-state index contributed by atoms with van der Waals surface area (Å²) >= 11 is 0. The molecular weight excluding hydrogens is 464 g/mol. The minimum absolute atomic E-state index is 0.132. The number of carbonyl (C=O) groups is 3. The number of nitrogens with one attached hydrogen (secondary N) is 2. The Labute approximate surface area is 225 Å². The van der Waals surface area contributed by atoms with Crippen LogP contribution in [0.1, 0.15) is 128 Å². The van der Waals surface area contributed by atoms with E-state index in [1.807, 2.05) is 30.3 Å². The first-order valence-electron chi connectivity index (χ1n) is 14.9. The Morgan fingerprint density at radius 1 is 0.703 bits per heavy atom. The van der Waals surface area contributed by atoms with Gasteiger partial charge in [0.05, 0.1) is 6.42 Å². The maximum atomic E-state index is 12.7. The van der Waals surface area contributed by atoms with Crippen molar-refractivity contribution in [3.05, 3.63) is 35.9 Å². The van der Waals surface area contributed by atoms with E-state index in [-0.39, 0.29) is 18.7 Å². The van der Waals surface area contributed by atoms with Crippen LogP contribution in [0.3, 0.4) is 0 Å². The summed E-state index contributed by atoms with van der Waals surface area (Å²) in [7, 11) is 0. The average molecular weight is 517 g/mol. The zero-order valence-corrected chi connectivity index (χ0v) is 23.3. The van der Waals surface area contributed by atoms with Gasteiger partial charge in [0, 0.05) is 19.4 Å². The van der Waals surface area contributed by atoms with Crippen molar-refractivity contribution in [2.75, 3.05) is 6.54 Å². The molecule has 6 nitrogen and oxygen atoms in total. The summed E-state index contributed by atoms with van der Waals surface area (Å²) in [6.45, 7) is 2.86. The third kappa shape index (κ3) is 19.4. The van der Waals surface area contributed by atoms with E-state index in [0.717, 1.165) is 18.4 Å². The number of amides is 2. The Balaban J connectivity index is 2.10. The van der Waals surface area contributed by atoms with Gasteiger partial charge in [-0.2, -0.15) is 0 Å². The smallest absolute Gasteiger partial charge is 0.303 e. The first kappa shape index (κ1) is 32.7. The summed E-state index contributed by atoms with van der Waals surface area (Å²) in [5.41, 5.74) is 0.948. The normalized spacial score (nSPS) is 11.7. The van der Waals surface area contributed by atoms with Gasteiger partial charge in [0.1, 0.15) is 6.04 Å². The van der Waals surface area contributed by atoms with Gasteiger partial charge in [-0.1, -0.05) is 134 Å². The molecule has 3 N–H and O–H groups in total. The zero-order valence-electron chi connectivity index (χ0n) is 23.3. The number of unbranched alkanes of at least 4 members (excludes halogenated alkanes) is 15. The summed E-state index contributed by atoms with van der Waals surface area (Å²) in [4.78, 5) is 35.6. The highest BCUT2D eigenvalue weighted by atomic mass is 16.4. The van der Waals surface area contributed by atoms with Crippen LogP contribution in [-0.4, -0.2) is 35.5 Å². The standard InChI is InChI=1S/C31H52N2O4/c1-2-3-4-5-6-7-8-9-10-11-12-13-14-15-16-20-25-32-31(37)28(26-27-21-18-17-19-22-27)33-29(34)23-24-30(35)36/h17-19,21-22,28H,2-16,20,23-26H2,1H3,(H,32,37)(H,33,34)(H,35,36)/t28-/m1/s1. The van der Waals surface area contributed by atoms with Gasteiger partial charge in [-0.05, 0) is 12.0 Å². The molecule has 0 heterocycles. The number of aliphatic carboxylic acids is 1. The molecule has 210 valence electrons. The van der Waals surface area contributed by atoms with Crippen LogP contribution in [0, 0.1) is 0 Å². The minimum atomic E-state index is -1.03. The lowest BCUT2D eigenvalue weighted by Crippen LogP contribution is -2.48. The molecular formula is C31H52N2O4. The zero-order chi connectivity index (χ0) is 27.0. The summed E-state index contributed by atoms with van der Waals surface area (Å²) in [5, 5.41) is 14.5. The summed E-state index contributed by atoms with van der Waals surface area (Å²) in [6.07, 6.45) is 21.0. The van der Waals surface area contributed by atoms with Gasteiger partial charge in [-0.15, -0.1) is 0 Å². The van der Waals surface area contributed by atoms with Gasteiger partial charge >= 0.3 is 5.97 Å². The Bertz CT molecular complexity index is 723. The fraction of sp³-hybridized carbons (Fsp3) is 0.710. The van der Waals surface area contributed by atoms with Crippen LogP contribution in [0.25, 0.3) is 0 Å². The van der Waals surface area contributed by atoms with Crippen LogP contribution in [-0.2, 0) is 20.8 Å². The second-order valence-electron chi connectivity index (χ2n) is 10.3. The predicted octanol–water partition coefficient (Wildman–Crippen LogP) is 6.96. The number of hydrogen-bond acceptors (Lipinski definition) is 3. The Kier molecular flexibility index (Phi) is 20.1. The molecule has 1 atom stereocenters. The number of carbonyl (C=O) groups excluding carboxylic acids is 2. The highest BCUT2D eigenvalue weighted by molar-refractivity contribution is 5.88. The van der Waals surface area contributed by atoms with Crippen molar-refractivity contribution in [3.8, 4) is 0 Å². The van der Waals surface area contributed by atoms with Gasteiger partial charge in [0.15, 0.2) is 0 Å². The Hall–Kier alpha value is -2.37. The molecule has 0 spiro atoms. The largest absolute Gasteiger partial charge is 0.481 e. The van der Waals surface area contributed by atoms with E-state index in [9.17, 15) is 14.4 Å². The van der Waals surface area contributed by atoms with Gasteiger partial charge in [-0.25, -0.2) is 0 Å². The van der Waals surface area contributed by atoms with Crippen molar-refractivity contribution in [2.24, 2.45) is 0 Å². The van der Waals surface area contributed by atoms with Gasteiger partial charge in [0.2, 0.25) is 11.8 Å². The molecule has 0 unspecified atom stereocenters. The molecule has 1 aromatic carbocycles. The second kappa shape index (κ2) is 22.8. The van der Waals surface area contributed by atoms with E-state index >= 15 is 0 Å². The third-order valence-electron chi connectivity index (χ3n) is 6.83. The Morgan fingerprint density at radius 2 is 1.19 bits per heavy atom. The van der Waals surface area contributed by atoms with Crippen molar-refractivity contribution in [1.29, 1.82) is 0 Å². The van der Waals surface area contributed by atoms with Crippen molar-refractivity contribution in [1.82, 2.24) is 10.6 Å². The molecule has 6 heteroatoms. The fourth-order valence-corrected chi connectivity index (χ4v) is 4.55. The van der Waals surface area contributed by atoms with E-state index in [1.165, 1.54) is 89.9 Å². The molecule has 0 saturated carbocycles. The van der Waals surface area contributed by atoms with Crippen LogP contribution < -0.4 is 10.6 Å². The number of benzene rings is 1. The SMILES string of the molecule is CCCCCCCCCCCCCCCCCCNC(=O)[C@@H](Cc1ccccc1)NC(=O)CCC(=O)O. The first-order valence-corrected chi connectivity index (χ1v) is 14.9. The maximum Gasteiger partial charge on any atom is 0.303 e. The molecule has 0 aliphatic carbocycles. The summed E-state index contributed by atoms with van der Waals surface area (Å²) in [5.74, 6) is -1.66. The molecule has 1 rings (SSSR count). The number of carboxylic acid groups (broad SMARTS) is 1. The third-order valence-corrected chi connectivity index (χ3v) is 6.83. The second-order valence-corrected chi connectivity index (χ2v) is 10.3. The predicted molar refractivity (Wildman–Crippen MR) is 152 cm³/mol. The molecule has 37 heavy (non-hydrogen) atoms. The van der Waals surface area contributed by atoms with Gasteiger partial charge in [0.25, 0.3) is 0 Å². The Morgan fingerprint density at radius 3 is 1.68 bits per heavy atom. The topological polar surface area (TPSA) is 95.5 Å². The number of hydrogen-bond donors (Lipinski definition) is 3. The van der Waals surface area contributed by atoms with E-state index in [1.54, 1.807) is 0 Å². The van der Waals surface area contributed by atoms with Gasteiger partial charge < -0.3 is 15.7 Å². The lowest BCUT2D eigenvalue weighted by atomic mass is 10.0. The highest BCUT2D eigenvalue weighted by Crippen LogP contribution is 2.13. The lowest BCUT2D eigenvalue weighted by molar-refractivity contribution is -0.139. The van der Waals surface area contributed by atoms with Crippen molar-refractivity contribution >= 4 is 17.8 Å². The molecule has 0 aliphatic rings. The maximum absolute atomic E-state index is 12.7. The van der Waals surface area contributed by atoms with Crippen molar-refractivity contribution < 1.29 is 19.5 Å². The minimum Gasteiger partial charge on any atom is -0.481 e.